The molecule has 2 aliphatic rings. The second-order valence-corrected chi connectivity index (χ2v) is 7.10. The lowest BCUT2D eigenvalue weighted by molar-refractivity contribution is -0.127. The van der Waals surface area contributed by atoms with E-state index in [2.05, 4.69) is 10.3 Å². The first-order valence-corrected chi connectivity index (χ1v) is 9.06. The summed E-state index contributed by atoms with van der Waals surface area (Å²) in [4.78, 5) is 17.8. The van der Waals surface area contributed by atoms with Gasteiger partial charge in [-0.2, -0.15) is 0 Å². The standard InChI is InChI=1S/C16H24N2O3S/c19-15(11-20-10-12-4-1-2-9-21-12)17-8-7-16-18-13-5-3-6-14(13)22-16/h12H,1-11H2,(H,17,19). The van der Waals surface area contributed by atoms with Gasteiger partial charge in [-0.3, -0.25) is 4.79 Å². The molecule has 0 aromatic carbocycles. The molecule has 6 heteroatoms. The molecule has 5 nitrogen and oxygen atoms in total. The topological polar surface area (TPSA) is 60.5 Å². The summed E-state index contributed by atoms with van der Waals surface area (Å²) in [7, 11) is 0. The average molecular weight is 324 g/mol. The number of fused-ring (bicyclic) bond motifs is 1. The fourth-order valence-electron chi connectivity index (χ4n) is 2.93. The second-order valence-electron chi connectivity index (χ2n) is 5.93. The van der Waals surface area contributed by atoms with E-state index in [1.165, 1.54) is 29.8 Å². The molecular weight excluding hydrogens is 300 g/mol. The van der Waals surface area contributed by atoms with Crippen molar-refractivity contribution < 1.29 is 14.3 Å². The van der Waals surface area contributed by atoms with Gasteiger partial charge in [0.05, 0.1) is 23.4 Å². The van der Waals surface area contributed by atoms with E-state index in [4.69, 9.17) is 9.47 Å². The molecule has 1 aromatic heterocycles. The molecule has 1 atom stereocenters. The Bertz CT molecular complexity index is 476. The van der Waals surface area contributed by atoms with Crippen LogP contribution in [0.15, 0.2) is 0 Å². The van der Waals surface area contributed by atoms with Crippen molar-refractivity contribution in [3.05, 3.63) is 15.6 Å². The molecule has 1 aliphatic heterocycles. The summed E-state index contributed by atoms with van der Waals surface area (Å²) in [5.41, 5.74) is 1.28. The van der Waals surface area contributed by atoms with Crippen LogP contribution in [-0.4, -0.2) is 43.4 Å². The minimum Gasteiger partial charge on any atom is -0.376 e. The third-order valence-corrected chi connectivity index (χ3v) is 5.33. The maximum Gasteiger partial charge on any atom is 0.246 e. The van der Waals surface area contributed by atoms with Gasteiger partial charge in [-0.25, -0.2) is 4.98 Å². The molecule has 0 radical (unpaired) electrons. The Morgan fingerprint density at radius 1 is 1.36 bits per heavy atom. The van der Waals surface area contributed by atoms with E-state index in [-0.39, 0.29) is 18.6 Å². The summed E-state index contributed by atoms with van der Waals surface area (Å²) >= 11 is 1.80. The smallest absolute Gasteiger partial charge is 0.246 e. The molecular formula is C16H24N2O3S. The number of carbonyl (C=O) groups is 1. The number of nitrogens with zero attached hydrogens (tertiary/aromatic N) is 1. The van der Waals surface area contributed by atoms with Crippen LogP contribution in [0.2, 0.25) is 0 Å². The van der Waals surface area contributed by atoms with Crippen LogP contribution in [0.3, 0.4) is 0 Å². The van der Waals surface area contributed by atoms with Crippen LogP contribution in [0.25, 0.3) is 0 Å². The lowest BCUT2D eigenvalue weighted by atomic mass is 10.1. The van der Waals surface area contributed by atoms with Crippen molar-refractivity contribution >= 4 is 17.2 Å². The van der Waals surface area contributed by atoms with E-state index in [1.807, 2.05) is 0 Å². The van der Waals surface area contributed by atoms with E-state index in [1.54, 1.807) is 11.3 Å². The fraction of sp³-hybridized carbons (Fsp3) is 0.750. The maximum atomic E-state index is 11.7. The van der Waals surface area contributed by atoms with E-state index in [0.717, 1.165) is 37.3 Å². The molecule has 1 aliphatic carbocycles. The van der Waals surface area contributed by atoms with Gasteiger partial charge in [-0.05, 0) is 38.5 Å². The maximum absolute atomic E-state index is 11.7. The highest BCUT2D eigenvalue weighted by Gasteiger charge is 2.17. The fourth-order valence-corrected chi connectivity index (χ4v) is 4.09. The number of carbonyl (C=O) groups excluding carboxylic acids is 1. The summed E-state index contributed by atoms with van der Waals surface area (Å²) in [6.45, 7) is 2.09. The van der Waals surface area contributed by atoms with Gasteiger partial charge < -0.3 is 14.8 Å². The van der Waals surface area contributed by atoms with Gasteiger partial charge in [0.2, 0.25) is 5.91 Å². The monoisotopic (exact) mass is 324 g/mol. The minimum absolute atomic E-state index is 0.0556. The number of aryl methyl sites for hydroxylation is 2. The average Bonchev–Trinajstić information content (AvgIpc) is 3.09. The van der Waals surface area contributed by atoms with Crippen molar-refractivity contribution in [2.24, 2.45) is 0 Å². The molecule has 0 bridgehead atoms. The molecule has 22 heavy (non-hydrogen) atoms. The van der Waals surface area contributed by atoms with Gasteiger partial charge in [0.1, 0.15) is 6.61 Å². The van der Waals surface area contributed by atoms with Crippen molar-refractivity contribution in [1.82, 2.24) is 10.3 Å². The molecule has 0 saturated carbocycles. The van der Waals surface area contributed by atoms with Gasteiger partial charge in [0.15, 0.2) is 0 Å². The Hall–Kier alpha value is -0.980. The summed E-state index contributed by atoms with van der Waals surface area (Å²) in [6.07, 6.45) is 7.89. The summed E-state index contributed by atoms with van der Waals surface area (Å²) in [5, 5.41) is 4.04. The number of hydrogen-bond donors (Lipinski definition) is 1. The molecule has 122 valence electrons. The number of thiazole rings is 1. The highest BCUT2D eigenvalue weighted by Crippen LogP contribution is 2.27. The molecule has 1 unspecified atom stereocenters. The van der Waals surface area contributed by atoms with Gasteiger partial charge in [-0.15, -0.1) is 11.3 Å². The molecule has 1 amide bonds. The van der Waals surface area contributed by atoms with E-state index < -0.39 is 0 Å². The summed E-state index contributed by atoms with van der Waals surface area (Å²) < 4.78 is 11.0. The number of nitrogens with one attached hydrogen (secondary N) is 1. The highest BCUT2D eigenvalue weighted by molar-refractivity contribution is 7.11. The number of ether oxygens (including phenoxy) is 2. The Morgan fingerprint density at radius 2 is 2.32 bits per heavy atom. The molecule has 0 spiro atoms. The Morgan fingerprint density at radius 3 is 3.14 bits per heavy atom. The highest BCUT2D eigenvalue weighted by atomic mass is 32.1. The number of rotatable bonds is 7. The molecule has 1 saturated heterocycles. The van der Waals surface area contributed by atoms with Crippen LogP contribution in [0.4, 0.5) is 0 Å². The minimum atomic E-state index is -0.0556. The predicted octanol–water partition coefficient (Wildman–Crippen LogP) is 1.88. The third kappa shape index (κ3) is 4.51. The quantitative estimate of drug-likeness (QED) is 0.832. The van der Waals surface area contributed by atoms with E-state index in [9.17, 15) is 4.79 Å². The van der Waals surface area contributed by atoms with E-state index in [0.29, 0.717) is 13.2 Å². The molecule has 3 rings (SSSR count). The van der Waals surface area contributed by atoms with Crippen LogP contribution < -0.4 is 5.32 Å². The second kappa shape index (κ2) is 8.04. The van der Waals surface area contributed by atoms with Crippen LogP contribution in [0.5, 0.6) is 0 Å². The van der Waals surface area contributed by atoms with Crippen molar-refractivity contribution in [3.63, 3.8) is 0 Å². The van der Waals surface area contributed by atoms with Gasteiger partial charge >= 0.3 is 0 Å². The largest absolute Gasteiger partial charge is 0.376 e. The molecule has 2 heterocycles. The molecule has 1 fully saturated rings. The number of hydrogen-bond acceptors (Lipinski definition) is 5. The first-order valence-electron chi connectivity index (χ1n) is 8.25. The van der Waals surface area contributed by atoms with Crippen molar-refractivity contribution in [3.8, 4) is 0 Å². The molecule has 1 N–H and O–H groups in total. The lowest BCUT2D eigenvalue weighted by Gasteiger charge is -2.22. The number of aromatic nitrogens is 1. The summed E-state index contributed by atoms with van der Waals surface area (Å²) in [5.74, 6) is -0.0556. The van der Waals surface area contributed by atoms with Crippen molar-refractivity contribution in [2.75, 3.05) is 26.4 Å². The van der Waals surface area contributed by atoms with E-state index >= 15 is 0 Å². The Balaban J connectivity index is 1.27. The van der Waals surface area contributed by atoms with Crippen LogP contribution >= 0.6 is 11.3 Å². The third-order valence-electron chi connectivity index (χ3n) is 4.11. The predicted molar refractivity (Wildman–Crippen MR) is 85.3 cm³/mol. The zero-order chi connectivity index (χ0) is 15.2. The van der Waals surface area contributed by atoms with Crippen LogP contribution in [0.1, 0.15) is 41.3 Å². The van der Waals surface area contributed by atoms with Crippen LogP contribution in [0, 0.1) is 0 Å². The van der Waals surface area contributed by atoms with Crippen molar-refractivity contribution in [2.45, 2.75) is 51.0 Å². The zero-order valence-electron chi connectivity index (χ0n) is 12.9. The van der Waals surface area contributed by atoms with Crippen LogP contribution in [-0.2, 0) is 33.5 Å². The van der Waals surface area contributed by atoms with Gasteiger partial charge in [0, 0.05) is 24.4 Å². The number of amides is 1. The zero-order valence-corrected chi connectivity index (χ0v) is 13.8. The Labute approximate surface area is 135 Å². The van der Waals surface area contributed by atoms with Crippen molar-refractivity contribution in [1.29, 1.82) is 0 Å². The first-order chi connectivity index (χ1) is 10.8. The normalized spacial score (nSPS) is 20.8. The SMILES string of the molecule is O=C(COCC1CCCCO1)NCCc1nc2c(s1)CCC2. The van der Waals surface area contributed by atoms with Gasteiger partial charge in [-0.1, -0.05) is 0 Å². The lowest BCUT2D eigenvalue weighted by Crippen LogP contribution is -2.32. The summed E-state index contributed by atoms with van der Waals surface area (Å²) in [6, 6.07) is 0. The van der Waals surface area contributed by atoms with Gasteiger partial charge in [0.25, 0.3) is 0 Å². The molecule has 1 aromatic rings. The Kier molecular flexibility index (Phi) is 5.81. The first kappa shape index (κ1) is 15.9.